The molecule has 1 aromatic heterocycles. The van der Waals surface area contributed by atoms with E-state index in [4.69, 9.17) is 0 Å². The van der Waals surface area contributed by atoms with Gasteiger partial charge in [-0.05, 0) is 41.4 Å². The third kappa shape index (κ3) is 2.92. The fourth-order valence-corrected chi connectivity index (χ4v) is 2.41. The van der Waals surface area contributed by atoms with Crippen molar-refractivity contribution in [1.82, 2.24) is 14.9 Å². The summed E-state index contributed by atoms with van der Waals surface area (Å²) >= 11 is 3.43. The molecule has 1 N–H and O–H groups in total. The van der Waals surface area contributed by atoms with E-state index in [0.717, 1.165) is 29.3 Å². The van der Waals surface area contributed by atoms with E-state index in [1.807, 2.05) is 0 Å². The lowest BCUT2D eigenvalue weighted by Crippen LogP contribution is -2.22. The van der Waals surface area contributed by atoms with Crippen LogP contribution in [0.1, 0.15) is 13.3 Å². The van der Waals surface area contributed by atoms with E-state index in [-0.39, 0.29) is 0 Å². The quantitative estimate of drug-likeness (QED) is 0.918. The normalized spacial score (nSPS) is 21.2. The molecule has 2 heterocycles. The zero-order valence-electron chi connectivity index (χ0n) is 9.49. The van der Waals surface area contributed by atoms with E-state index in [9.17, 15) is 0 Å². The number of nitrogens with zero attached hydrogens (tertiary/aromatic N) is 3. The van der Waals surface area contributed by atoms with Crippen molar-refractivity contribution in [1.29, 1.82) is 0 Å². The molecule has 5 heteroatoms. The minimum absolute atomic E-state index is 0.738. The molecule has 1 atom stereocenters. The molecule has 1 fully saturated rings. The molecular weight excluding hydrogens is 268 g/mol. The van der Waals surface area contributed by atoms with Crippen LogP contribution in [0.15, 0.2) is 17.0 Å². The van der Waals surface area contributed by atoms with Crippen LogP contribution < -0.4 is 5.32 Å². The number of hydrogen-bond donors (Lipinski definition) is 1. The summed E-state index contributed by atoms with van der Waals surface area (Å²) < 4.78 is 0.931. The van der Waals surface area contributed by atoms with Crippen molar-refractivity contribution in [2.45, 2.75) is 13.3 Å². The van der Waals surface area contributed by atoms with Crippen LogP contribution in [0.25, 0.3) is 0 Å². The van der Waals surface area contributed by atoms with E-state index < -0.39 is 0 Å². The molecule has 1 aromatic rings. The minimum atomic E-state index is 0.738. The molecule has 0 aliphatic carbocycles. The fraction of sp³-hybridized carbons (Fsp3) is 0.636. The first-order valence-corrected chi connectivity index (χ1v) is 6.50. The zero-order chi connectivity index (χ0) is 11.4. The van der Waals surface area contributed by atoms with Crippen molar-refractivity contribution in [3.05, 3.63) is 17.0 Å². The monoisotopic (exact) mass is 284 g/mol. The SMILES string of the molecule is CCN1CCC(CNc2ncncc2Br)C1. The van der Waals surface area contributed by atoms with Crippen molar-refractivity contribution in [2.75, 3.05) is 31.5 Å². The van der Waals surface area contributed by atoms with Gasteiger partial charge in [0.1, 0.15) is 12.1 Å². The first-order chi connectivity index (χ1) is 7.79. The van der Waals surface area contributed by atoms with Gasteiger partial charge in [-0.25, -0.2) is 9.97 Å². The van der Waals surface area contributed by atoms with Crippen molar-refractivity contribution in [3.63, 3.8) is 0 Å². The molecule has 0 saturated carbocycles. The molecule has 0 spiro atoms. The molecule has 0 amide bonds. The highest BCUT2D eigenvalue weighted by Gasteiger charge is 2.20. The second kappa shape index (κ2) is 5.59. The lowest BCUT2D eigenvalue weighted by molar-refractivity contribution is 0.345. The smallest absolute Gasteiger partial charge is 0.143 e. The maximum Gasteiger partial charge on any atom is 0.143 e. The van der Waals surface area contributed by atoms with Crippen molar-refractivity contribution in [2.24, 2.45) is 5.92 Å². The Morgan fingerprint density at radius 1 is 1.62 bits per heavy atom. The summed E-state index contributed by atoms with van der Waals surface area (Å²) in [5, 5.41) is 3.37. The Bertz CT molecular complexity index is 345. The van der Waals surface area contributed by atoms with Crippen LogP contribution in [-0.4, -0.2) is 41.0 Å². The van der Waals surface area contributed by atoms with Gasteiger partial charge >= 0.3 is 0 Å². The molecule has 0 radical (unpaired) electrons. The van der Waals surface area contributed by atoms with Gasteiger partial charge in [0, 0.05) is 19.3 Å². The molecule has 0 aromatic carbocycles. The second-order valence-electron chi connectivity index (χ2n) is 4.15. The predicted molar refractivity (Wildman–Crippen MR) is 68.4 cm³/mol. The molecule has 1 aliphatic heterocycles. The van der Waals surface area contributed by atoms with Gasteiger partial charge in [0.15, 0.2) is 0 Å². The summed E-state index contributed by atoms with van der Waals surface area (Å²) in [5.74, 6) is 1.63. The number of aromatic nitrogens is 2. The lowest BCUT2D eigenvalue weighted by atomic mass is 10.1. The van der Waals surface area contributed by atoms with Crippen LogP contribution in [0.3, 0.4) is 0 Å². The van der Waals surface area contributed by atoms with Gasteiger partial charge in [-0.3, -0.25) is 0 Å². The summed E-state index contributed by atoms with van der Waals surface area (Å²) in [5.41, 5.74) is 0. The first kappa shape index (κ1) is 11.8. The number of halogens is 1. The van der Waals surface area contributed by atoms with Crippen LogP contribution >= 0.6 is 15.9 Å². The highest BCUT2D eigenvalue weighted by molar-refractivity contribution is 9.10. The summed E-state index contributed by atoms with van der Waals surface area (Å²) in [6, 6.07) is 0. The van der Waals surface area contributed by atoms with Gasteiger partial charge in [-0.2, -0.15) is 0 Å². The Morgan fingerprint density at radius 2 is 2.50 bits per heavy atom. The molecule has 4 nitrogen and oxygen atoms in total. The summed E-state index contributed by atoms with van der Waals surface area (Å²) in [6.07, 6.45) is 4.62. The highest BCUT2D eigenvalue weighted by atomic mass is 79.9. The minimum Gasteiger partial charge on any atom is -0.369 e. The molecule has 88 valence electrons. The van der Waals surface area contributed by atoms with E-state index in [2.05, 4.69) is 43.0 Å². The third-order valence-corrected chi connectivity index (χ3v) is 3.62. The van der Waals surface area contributed by atoms with Gasteiger partial charge < -0.3 is 10.2 Å². The standard InChI is InChI=1S/C11H17BrN4/c1-2-16-4-3-9(7-16)5-14-11-10(12)6-13-8-15-11/h6,8-9H,2-5,7H2,1H3,(H,13,14,15). The number of likely N-dealkylation sites (tertiary alicyclic amines) is 1. The maximum absolute atomic E-state index is 4.20. The van der Waals surface area contributed by atoms with Crippen molar-refractivity contribution < 1.29 is 0 Å². The van der Waals surface area contributed by atoms with Gasteiger partial charge in [-0.15, -0.1) is 0 Å². The van der Waals surface area contributed by atoms with Gasteiger partial charge in [0.05, 0.1) is 4.47 Å². The lowest BCUT2D eigenvalue weighted by Gasteiger charge is -2.14. The van der Waals surface area contributed by atoms with E-state index >= 15 is 0 Å². The summed E-state index contributed by atoms with van der Waals surface area (Å²) in [4.78, 5) is 10.6. The Kier molecular flexibility index (Phi) is 4.12. The zero-order valence-corrected chi connectivity index (χ0v) is 11.1. The van der Waals surface area contributed by atoms with Gasteiger partial charge in [-0.1, -0.05) is 6.92 Å². The highest BCUT2D eigenvalue weighted by Crippen LogP contribution is 2.20. The average molecular weight is 285 g/mol. The topological polar surface area (TPSA) is 41.0 Å². The van der Waals surface area contributed by atoms with Crippen molar-refractivity contribution >= 4 is 21.7 Å². The molecule has 1 aliphatic rings. The molecule has 16 heavy (non-hydrogen) atoms. The summed E-state index contributed by atoms with van der Waals surface area (Å²) in [7, 11) is 0. The Hall–Kier alpha value is -0.680. The van der Waals surface area contributed by atoms with Crippen LogP contribution in [0, 0.1) is 5.92 Å². The molecular formula is C11H17BrN4. The van der Waals surface area contributed by atoms with Crippen LogP contribution in [-0.2, 0) is 0 Å². The second-order valence-corrected chi connectivity index (χ2v) is 5.00. The van der Waals surface area contributed by atoms with Gasteiger partial charge in [0.25, 0.3) is 0 Å². The van der Waals surface area contributed by atoms with Gasteiger partial charge in [0.2, 0.25) is 0 Å². The van der Waals surface area contributed by atoms with Crippen molar-refractivity contribution in [3.8, 4) is 0 Å². The average Bonchev–Trinajstić information content (AvgIpc) is 2.76. The maximum atomic E-state index is 4.20. The van der Waals surface area contributed by atoms with Crippen LogP contribution in [0.4, 0.5) is 5.82 Å². The molecule has 2 rings (SSSR count). The Balaban J connectivity index is 1.82. The molecule has 1 saturated heterocycles. The predicted octanol–water partition coefficient (Wildman–Crippen LogP) is 1.99. The van der Waals surface area contributed by atoms with Crippen LogP contribution in [0.2, 0.25) is 0 Å². The number of rotatable bonds is 4. The fourth-order valence-electron chi connectivity index (χ4n) is 2.05. The summed E-state index contributed by atoms with van der Waals surface area (Å²) in [6.45, 7) is 6.80. The first-order valence-electron chi connectivity index (χ1n) is 5.71. The van der Waals surface area contributed by atoms with E-state index in [1.165, 1.54) is 19.5 Å². The van der Waals surface area contributed by atoms with E-state index in [0.29, 0.717) is 0 Å². The largest absolute Gasteiger partial charge is 0.369 e. The third-order valence-electron chi connectivity index (χ3n) is 3.04. The van der Waals surface area contributed by atoms with E-state index in [1.54, 1.807) is 12.5 Å². The molecule has 1 unspecified atom stereocenters. The number of hydrogen-bond acceptors (Lipinski definition) is 4. The number of nitrogens with one attached hydrogen (secondary N) is 1. The number of anilines is 1. The van der Waals surface area contributed by atoms with Crippen LogP contribution in [0.5, 0.6) is 0 Å². The Morgan fingerprint density at radius 3 is 3.19 bits per heavy atom. The Labute approximate surface area is 105 Å². The molecule has 0 bridgehead atoms.